The average Bonchev–Trinajstić information content (AvgIpc) is 2.76. The molecule has 0 atom stereocenters. The topological polar surface area (TPSA) is 17.1 Å². The van der Waals surface area contributed by atoms with Crippen LogP contribution >= 0.6 is 23.1 Å². The number of rotatable bonds is 3. The van der Waals surface area contributed by atoms with E-state index in [1.165, 1.54) is 21.8 Å². The first-order valence-corrected chi connectivity index (χ1v) is 7.46. The van der Waals surface area contributed by atoms with E-state index in [9.17, 15) is 4.79 Å². The van der Waals surface area contributed by atoms with Gasteiger partial charge in [-0.1, -0.05) is 44.7 Å². The predicted molar refractivity (Wildman–Crippen MR) is 79.0 cm³/mol. The minimum atomic E-state index is 0.191. The number of aldehydes is 1. The van der Waals surface area contributed by atoms with Crippen LogP contribution in [0.15, 0.2) is 45.5 Å². The van der Waals surface area contributed by atoms with Gasteiger partial charge in [-0.15, -0.1) is 11.3 Å². The molecule has 1 nitrogen and oxygen atoms in total. The van der Waals surface area contributed by atoms with Gasteiger partial charge in [0.15, 0.2) is 6.29 Å². The Kier molecular flexibility index (Phi) is 3.93. The van der Waals surface area contributed by atoms with Crippen molar-refractivity contribution in [1.29, 1.82) is 0 Å². The molecule has 0 N–H and O–H groups in total. The Bertz CT molecular complexity index is 532. The zero-order valence-corrected chi connectivity index (χ0v) is 12.4. The summed E-state index contributed by atoms with van der Waals surface area (Å²) in [6, 6.07) is 12.5. The molecule has 2 rings (SSSR count). The van der Waals surface area contributed by atoms with Crippen molar-refractivity contribution in [3.63, 3.8) is 0 Å². The molecule has 1 heterocycles. The van der Waals surface area contributed by atoms with E-state index in [1.807, 2.05) is 12.1 Å². The summed E-state index contributed by atoms with van der Waals surface area (Å²) in [7, 11) is 0. The molecule has 3 heteroatoms. The first-order valence-electron chi connectivity index (χ1n) is 5.82. The summed E-state index contributed by atoms with van der Waals surface area (Å²) >= 11 is 3.24. The molecule has 0 bridgehead atoms. The van der Waals surface area contributed by atoms with Gasteiger partial charge in [-0.3, -0.25) is 4.79 Å². The lowest BCUT2D eigenvalue weighted by molar-refractivity contribution is 0.112. The van der Waals surface area contributed by atoms with E-state index < -0.39 is 0 Å². The van der Waals surface area contributed by atoms with Gasteiger partial charge in [0.1, 0.15) is 0 Å². The molecule has 0 aliphatic carbocycles. The van der Waals surface area contributed by atoms with Crippen molar-refractivity contribution in [3.05, 3.63) is 46.8 Å². The maximum Gasteiger partial charge on any atom is 0.160 e. The van der Waals surface area contributed by atoms with Crippen molar-refractivity contribution in [1.82, 2.24) is 0 Å². The summed E-state index contributed by atoms with van der Waals surface area (Å²) in [6.07, 6.45) is 0.900. The Labute approximate surface area is 116 Å². The van der Waals surface area contributed by atoms with Crippen molar-refractivity contribution < 1.29 is 4.79 Å². The number of benzene rings is 1. The van der Waals surface area contributed by atoms with Crippen LogP contribution in [0.3, 0.4) is 0 Å². The van der Waals surface area contributed by atoms with Crippen LogP contribution in [-0.4, -0.2) is 6.29 Å². The fourth-order valence-electron chi connectivity index (χ4n) is 1.59. The Hall–Kier alpha value is -1.06. The average molecular weight is 276 g/mol. The molecule has 18 heavy (non-hydrogen) atoms. The molecule has 0 fully saturated rings. The Morgan fingerprint density at radius 2 is 1.72 bits per heavy atom. The SMILES string of the molecule is CC(C)(C)c1ccc(Sc2ccc(C=O)s2)cc1. The number of hydrogen-bond acceptors (Lipinski definition) is 3. The van der Waals surface area contributed by atoms with E-state index in [-0.39, 0.29) is 5.41 Å². The van der Waals surface area contributed by atoms with E-state index in [2.05, 4.69) is 45.0 Å². The van der Waals surface area contributed by atoms with E-state index in [1.54, 1.807) is 11.8 Å². The predicted octanol–water partition coefficient (Wildman–Crippen LogP) is 5.01. The fourth-order valence-corrected chi connectivity index (χ4v) is 3.53. The Morgan fingerprint density at radius 3 is 2.22 bits per heavy atom. The first kappa shape index (κ1) is 13.4. The molecule has 0 aliphatic rings. The molecular formula is C15H16OS2. The Morgan fingerprint density at radius 1 is 1.06 bits per heavy atom. The standard InChI is InChI=1S/C15H16OS2/c1-15(2,3)11-4-6-12(7-5-11)17-14-9-8-13(10-16)18-14/h4-10H,1-3H3. The van der Waals surface area contributed by atoms with Gasteiger partial charge >= 0.3 is 0 Å². The van der Waals surface area contributed by atoms with Crippen molar-refractivity contribution >= 4 is 29.4 Å². The van der Waals surface area contributed by atoms with Gasteiger partial charge in [0.25, 0.3) is 0 Å². The summed E-state index contributed by atoms with van der Waals surface area (Å²) in [5.41, 5.74) is 1.53. The van der Waals surface area contributed by atoms with Crippen LogP contribution in [0.25, 0.3) is 0 Å². The third-order valence-electron chi connectivity index (χ3n) is 2.66. The smallest absolute Gasteiger partial charge is 0.160 e. The fraction of sp³-hybridized carbons (Fsp3) is 0.267. The van der Waals surface area contributed by atoms with Crippen LogP contribution in [0, 0.1) is 0 Å². The summed E-state index contributed by atoms with van der Waals surface area (Å²) in [6.45, 7) is 6.64. The lowest BCUT2D eigenvalue weighted by Gasteiger charge is -2.18. The molecule has 0 aliphatic heterocycles. The second-order valence-corrected chi connectivity index (χ2v) is 7.64. The Balaban J connectivity index is 2.13. The zero-order valence-electron chi connectivity index (χ0n) is 10.8. The molecule has 94 valence electrons. The highest BCUT2D eigenvalue weighted by Gasteiger charge is 2.13. The van der Waals surface area contributed by atoms with Crippen LogP contribution in [0.2, 0.25) is 0 Å². The van der Waals surface area contributed by atoms with Crippen LogP contribution in [0.5, 0.6) is 0 Å². The third-order valence-corrected chi connectivity index (χ3v) is 4.81. The van der Waals surface area contributed by atoms with Gasteiger partial charge < -0.3 is 0 Å². The van der Waals surface area contributed by atoms with Crippen LogP contribution in [0.1, 0.15) is 36.0 Å². The summed E-state index contributed by atoms with van der Waals surface area (Å²) in [5, 5.41) is 0. The molecule has 0 radical (unpaired) electrons. The molecule has 0 saturated carbocycles. The molecule has 0 spiro atoms. The number of carbonyl (C=O) groups excluding carboxylic acids is 1. The highest BCUT2D eigenvalue weighted by atomic mass is 32.2. The molecule has 1 aromatic carbocycles. The van der Waals surface area contributed by atoms with Crippen molar-refractivity contribution in [2.24, 2.45) is 0 Å². The first-order chi connectivity index (χ1) is 8.49. The van der Waals surface area contributed by atoms with Gasteiger partial charge in [-0.25, -0.2) is 0 Å². The lowest BCUT2D eigenvalue weighted by Crippen LogP contribution is -2.10. The van der Waals surface area contributed by atoms with Crippen LogP contribution < -0.4 is 0 Å². The summed E-state index contributed by atoms with van der Waals surface area (Å²) in [5.74, 6) is 0. The van der Waals surface area contributed by atoms with E-state index >= 15 is 0 Å². The largest absolute Gasteiger partial charge is 0.297 e. The second kappa shape index (κ2) is 5.29. The van der Waals surface area contributed by atoms with Crippen LogP contribution in [-0.2, 0) is 5.41 Å². The quantitative estimate of drug-likeness (QED) is 0.733. The van der Waals surface area contributed by atoms with Gasteiger partial charge in [0.05, 0.1) is 9.09 Å². The molecule has 0 amide bonds. The van der Waals surface area contributed by atoms with Crippen molar-refractivity contribution in [3.8, 4) is 0 Å². The number of thiophene rings is 1. The monoisotopic (exact) mass is 276 g/mol. The number of hydrogen-bond donors (Lipinski definition) is 0. The van der Waals surface area contributed by atoms with Crippen LogP contribution in [0.4, 0.5) is 0 Å². The summed E-state index contributed by atoms with van der Waals surface area (Å²) < 4.78 is 1.15. The van der Waals surface area contributed by atoms with E-state index in [0.29, 0.717) is 0 Å². The minimum Gasteiger partial charge on any atom is -0.297 e. The maximum atomic E-state index is 10.6. The minimum absolute atomic E-state index is 0.191. The molecule has 2 aromatic rings. The summed E-state index contributed by atoms with van der Waals surface area (Å²) in [4.78, 5) is 12.6. The van der Waals surface area contributed by atoms with Gasteiger partial charge in [0, 0.05) is 4.90 Å². The number of carbonyl (C=O) groups is 1. The van der Waals surface area contributed by atoms with Gasteiger partial charge in [-0.05, 0) is 35.2 Å². The maximum absolute atomic E-state index is 10.6. The lowest BCUT2D eigenvalue weighted by atomic mass is 9.87. The molecular weight excluding hydrogens is 260 g/mol. The van der Waals surface area contributed by atoms with E-state index in [4.69, 9.17) is 0 Å². The highest BCUT2D eigenvalue weighted by molar-refractivity contribution is 8.01. The zero-order chi connectivity index (χ0) is 13.2. The highest BCUT2D eigenvalue weighted by Crippen LogP contribution is 2.34. The molecule has 0 saturated heterocycles. The normalized spacial score (nSPS) is 11.5. The third kappa shape index (κ3) is 3.24. The van der Waals surface area contributed by atoms with Gasteiger partial charge in [-0.2, -0.15) is 0 Å². The molecule has 1 aromatic heterocycles. The van der Waals surface area contributed by atoms with Crippen molar-refractivity contribution in [2.45, 2.75) is 35.3 Å². The van der Waals surface area contributed by atoms with Gasteiger partial charge in [0.2, 0.25) is 0 Å². The van der Waals surface area contributed by atoms with Crippen molar-refractivity contribution in [2.75, 3.05) is 0 Å². The second-order valence-electron chi connectivity index (χ2n) is 5.15. The molecule has 0 unspecified atom stereocenters. The van der Waals surface area contributed by atoms with E-state index in [0.717, 1.165) is 15.4 Å².